The molecule has 0 fully saturated rings. The number of benzene rings is 2. The van der Waals surface area contributed by atoms with Gasteiger partial charge in [-0.15, -0.1) is 0 Å². The van der Waals surface area contributed by atoms with E-state index in [1.165, 1.54) is 62.5 Å². The van der Waals surface area contributed by atoms with Crippen molar-refractivity contribution in [3.8, 4) is 46.6 Å². The van der Waals surface area contributed by atoms with Crippen molar-refractivity contribution >= 4 is 39.2 Å². The molecular weight excluding hydrogens is 977 g/mol. The quantitative estimate of drug-likeness (QED) is 0.0696. The van der Waals surface area contributed by atoms with E-state index in [2.05, 4.69) is 241 Å². The molecule has 0 aliphatic carbocycles. The third kappa shape index (κ3) is 14.2. The standard InChI is InChI=1S/C70H84N4Si2.Mg/c1-15-17-19-21-23-55-25-29-57(30-26-55)33-35-59-63-37-41-67(71-63)61(45-47-75(49(3)4,50(5)6)51(7)8)69-43-39-65(73-69)60(36-34-58-31-27-56(28-32-58)24-22-20-18-16-2)66-40-44-70(74-66)62(68-42-38-64(59)72-68)46-48-76(52(9)10,53(11)12)54(13)14;/h25-32,37-44,49-54H,15-24H2,1-14H3;/q;+2/b63-59-,66-60-,68-62-,69-61-;. The Hall–Kier alpha value is -5.52. The van der Waals surface area contributed by atoms with Gasteiger partial charge in [0.05, 0.1) is 11.8 Å². The second kappa shape index (κ2) is 27.9. The molecule has 77 heavy (non-hydrogen) atoms. The van der Waals surface area contributed by atoms with Crippen LogP contribution in [0.4, 0.5) is 0 Å². The van der Waals surface area contributed by atoms with Crippen LogP contribution in [-0.4, -0.2) is 39.2 Å². The second-order valence-electron chi connectivity index (χ2n) is 23.2. The second-order valence-corrected chi connectivity index (χ2v) is 34.3. The topological polar surface area (TPSA) is 56.4 Å². The third-order valence-corrected chi connectivity index (χ3v) is 28.9. The summed E-state index contributed by atoms with van der Waals surface area (Å²) in [5.41, 5.74) is 21.5. The molecule has 0 saturated heterocycles. The molecule has 0 spiro atoms. The van der Waals surface area contributed by atoms with Gasteiger partial charge >= 0.3 is 23.1 Å². The van der Waals surface area contributed by atoms with Crippen molar-refractivity contribution in [3.05, 3.63) is 210 Å². The number of nitrogens with zero attached hydrogens (tertiary/aromatic N) is 4. The first-order chi connectivity index (χ1) is 36.5. The van der Waals surface area contributed by atoms with Gasteiger partial charge in [0, 0.05) is 94.4 Å². The Kier molecular flexibility index (Phi) is 22.0. The molecule has 0 amide bonds. The summed E-state index contributed by atoms with van der Waals surface area (Å²) in [4.78, 5) is 0. The van der Waals surface area contributed by atoms with Crippen LogP contribution in [0.3, 0.4) is 0 Å². The van der Waals surface area contributed by atoms with Gasteiger partial charge in [0.2, 0.25) is 0 Å². The van der Waals surface area contributed by atoms with Gasteiger partial charge in [-0.2, -0.15) is 0 Å². The third-order valence-electron chi connectivity index (χ3n) is 16.4. The molecule has 2 aromatic rings. The maximum absolute atomic E-state index is 5.45. The first kappa shape index (κ1) is 60.7. The Balaban J connectivity index is 0.00000961. The molecule has 0 aromatic heterocycles. The average Bonchev–Trinajstić information content (AvgIpc) is 4.25. The van der Waals surface area contributed by atoms with Crippen molar-refractivity contribution in [1.29, 1.82) is 0 Å². The summed E-state index contributed by atoms with van der Waals surface area (Å²) in [7, 11) is -4.35. The van der Waals surface area contributed by atoms with Crippen LogP contribution in [0.1, 0.15) is 171 Å². The fraction of sp³-hybridized carbons (Fsp3) is 0.429. The van der Waals surface area contributed by atoms with Crippen LogP contribution in [0.5, 0.6) is 0 Å². The van der Waals surface area contributed by atoms with Crippen LogP contribution in [0.15, 0.2) is 142 Å². The van der Waals surface area contributed by atoms with E-state index < -0.39 is 16.1 Å². The molecule has 2 aromatic carbocycles. The van der Waals surface area contributed by atoms with Gasteiger partial charge in [-0.05, 0) is 130 Å². The van der Waals surface area contributed by atoms with Crippen LogP contribution >= 0.6 is 0 Å². The van der Waals surface area contributed by atoms with Gasteiger partial charge in [-0.3, -0.25) is 0 Å². The summed E-state index contributed by atoms with van der Waals surface area (Å²) in [6.07, 6.45) is 28.8. The Morgan fingerprint density at radius 3 is 0.896 bits per heavy atom. The summed E-state index contributed by atoms with van der Waals surface area (Å²) < 4.78 is 0. The van der Waals surface area contributed by atoms with Gasteiger partial charge in [0.1, 0.15) is 22.3 Å². The van der Waals surface area contributed by atoms with Gasteiger partial charge in [-0.25, -0.2) is 0 Å². The van der Waals surface area contributed by atoms with Crippen LogP contribution < -0.4 is 0 Å². The van der Waals surface area contributed by atoms with Crippen molar-refractivity contribution in [2.45, 2.75) is 194 Å². The monoisotopic (exact) mass is 1060 g/mol. The largest absolute Gasteiger partial charge is 2.00 e. The molecular formula is C70H84MgN4Si2+2. The van der Waals surface area contributed by atoms with E-state index >= 15 is 0 Å². The molecule has 5 heterocycles. The summed E-state index contributed by atoms with van der Waals surface area (Å²) in [5, 5.41) is 21.8. The normalized spacial score (nSPS) is 19.5. The van der Waals surface area contributed by atoms with Gasteiger partial charge in [0.25, 0.3) is 0 Å². The molecule has 8 bridgehead atoms. The first-order valence-corrected chi connectivity index (χ1v) is 33.3. The Morgan fingerprint density at radius 2 is 0.636 bits per heavy atom. The van der Waals surface area contributed by atoms with Crippen molar-refractivity contribution in [1.82, 2.24) is 0 Å². The molecule has 0 N–H and O–H groups in total. The summed E-state index contributed by atoms with van der Waals surface area (Å²) >= 11 is 0. The molecule has 5 aliphatic heterocycles. The van der Waals surface area contributed by atoms with Crippen LogP contribution in [0.2, 0.25) is 33.2 Å². The zero-order chi connectivity index (χ0) is 54.6. The van der Waals surface area contributed by atoms with Crippen LogP contribution in [0, 0.1) is 70.8 Å². The Bertz CT molecular complexity index is 2660. The maximum atomic E-state index is 5.45. The van der Waals surface area contributed by atoms with Crippen LogP contribution in [-0.2, 0) is 12.8 Å². The zero-order valence-corrected chi connectivity index (χ0v) is 52.7. The smallest absolute Gasteiger partial charge is 0.556 e. The summed E-state index contributed by atoms with van der Waals surface area (Å²) in [6, 6.07) is 20.5. The van der Waals surface area contributed by atoms with E-state index in [0.29, 0.717) is 33.2 Å². The van der Waals surface area contributed by atoms with E-state index in [0.717, 1.165) is 93.2 Å². The SMILES string of the molecule is CCCCCCc1ccc(C#C/C2=C3\C=C[C+]([N-]3)/C(C#C[Si](C(C)C)(C(C)C)C(C)C)=C3/C=C[C+]([N-]3)/C(C#Cc3ccc(CCCCCC)cc3)=C3/C=C[C+]([N-]3)/C(C#C[Si](C(C)C)(C(C)C)C(C)C)=C3/C=C[C+]2[N-]3)cc1.[Mg+2]. The molecule has 5 aliphatic rings. The van der Waals surface area contributed by atoms with Gasteiger partial charge in [-0.1, -0.05) is 171 Å². The van der Waals surface area contributed by atoms with Gasteiger partial charge < -0.3 is 21.3 Å². The minimum Gasteiger partial charge on any atom is -0.556 e. The first-order valence-electron chi connectivity index (χ1n) is 28.9. The molecule has 7 rings (SSSR count). The predicted molar refractivity (Wildman–Crippen MR) is 337 cm³/mol. The number of hydrogen-bond donors (Lipinski definition) is 0. The number of allylic oxidation sites excluding steroid dienone is 4. The summed E-state index contributed by atoms with van der Waals surface area (Å²) in [6.45, 7) is 32.8. The number of rotatable bonds is 16. The zero-order valence-electron chi connectivity index (χ0n) is 49.3. The molecule has 0 saturated carbocycles. The van der Waals surface area contributed by atoms with Crippen molar-refractivity contribution in [3.63, 3.8) is 0 Å². The van der Waals surface area contributed by atoms with E-state index in [-0.39, 0.29) is 23.1 Å². The number of unbranched alkanes of at least 4 members (excludes halogenated alkanes) is 6. The maximum Gasteiger partial charge on any atom is 2.00 e. The molecule has 0 radical (unpaired) electrons. The molecule has 392 valence electrons. The molecule has 4 nitrogen and oxygen atoms in total. The van der Waals surface area contributed by atoms with Crippen LogP contribution in [0.25, 0.3) is 21.3 Å². The minimum atomic E-state index is -2.17. The average molecular weight is 1060 g/mol. The predicted octanol–water partition coefficient (Wildman–Crippen LogP) is 19.3. The van der Waals surface area contributed by atoms with Gasteiger partial charge in [0.15, 0.2) is 16.1 Å². The molecule has 0 atom stereocenters. The van der Waals surface area contributed by atoms with E-state index in [9.17, 15) is 0 Å². The van der Waals surface area contributed by atoms with Crippen molar-refractivity contribution in [2.24, 2.45) is 0 Å². The van der Waals surface area contributed by atoms with Crippen molar-refractivity contribution < 1.29 is 0 Å². The fourth-order valence-electron chi connectivity index (χ4n) is 12.1. The van der Waals surface area contributed by atoms with Crippen molar-refractivity contribution in [2.75, 3.05) is 0 Å². The van der Waals surface area contributed by atoms with E-state index in [4.69, 9.17) is 21.3 Å². The van der Waals surface area contributed by atoms with E-state index in [1.807, 2.05) is 0 Å². The Morgan fingerprint density at radius 1 is 0.364 bits per heavy atom. The summed E-state index contributed by atoms with van der Waals surface area (Å²) in [5.74, 6) is 21.9. The fourth-order valence-corrected chi connectivity index (χ4v) is 22.5. The number of fused-ring (bicyclic) bond motifs is 8. The number of hydrogen-bond acceptors (Lipinski definition) is 0. The Labute approximate surface area is 486 Å². The minimum absolute atomic E-state index is 0. The molecule has 0 unspecified atom stereocenters. The van der Waals surface area contributed by atoms with E-state index in [1.54, 1.807) is 0 Å². The number of aryl methyl sites for hydroxylation is 2. The molecule has 7 heteroatoms.